The number of aromatic nitrogens is 1. The van der Waals surface area contributed by atoms with Crippen LogP contribution >= 0.6 is 0 Å². The van der Waals surface area contributed by atoms with E-state index in [4.69, 9.17) is 9.26 Å². The van der Waals surface area contributed by atoms with Crippen molar-refractivity contribution < 1.29 is 22.8 Å². The molecule has 0 aliphatic heterocycles. The topological polar surface area (TPSA) is 64.4 Å². The largest absolute Gasteiger partial charge is 0.489 e. The lowest BCUT2D eigenvalue weighted by atomic mass is 10.2. The number of hydrogen-bond donors (Lipinski definition) is 1. The van der Waals surface area contributed by atoms with E-state index in [1.165, 1.54) is 12.1 Å². The lowest BCUT2D eigenvalue weighted by molar-refractivity contribution is 0.102. The highest BCUT2D eigenvalue weighted by molar-refractivity contribution is 6.04. The average Bonchev–Trinajstić information content (AvgIpc) is 2.95. The maximum Gasteiger partial charge on any atom is 0.255 e. The number of halogens is 2. The van der Waals surface area contributed by atoms with Crippen molar-refractivity contribution in [1.29, 1.82) is 0 Å². The third-order valence-corrected chi connectivity index (χ3v) is 3.86. The molecule has 26 heavy (non-hydrogen) atoms. The number of carbonyl (C=O) groups is 1. The van der Waals surface area contributed by atoms with E-state index in [0.717, 1.165) is 29.5 Å². The van der Waals surface area contributed by atoms with Crippen LogP contribution in [-0.2, 0) is 6.61 Å². The van der Waals surface area contributed by atoms with E-state index in [2.05, 4.69) is 10.5 Å². The summed E-state index contributed by atoms with van der Waals surface area (Å²) < 4.78 is 37.5. The summed E-state index contributed by atoms with van der Waals surface area (Å²) in [6.07, 6.45) is 0. The Morgan fingerprint density at radius 3 is 2.54 bits per heavy atom. The number of hydrogen-bond acceptors (Lipinski definition) is 4. The molecule has 2 aromatic carbocycles. The van der Waals surface area contributed by atoms with Gasteiger partial charge in [0.25, 0.3) is 5.91 Å². The van der Waals surface area contributed by atoms with Crippen molar-refractivity contribution in [1.82, 2.24) is 5.16 Å². The minimum absolute atomic E-state index is 0.214. The maximum absolute atomic E-state index is 13.6. The van der Waals surface area contributed by atoms with Crippen LogP contribution < -0.4 is 10.1 Å². The number of nitrogens with one attached hydrogen (secondary N) is 1. The molecule has 1 aromatic heterocycles. The number of rotatable bonds is 5. The summed E-state index contributed by atoms with van der Waals surface area (Å²) in [5.74, 6) is -0.648. The summed E-state index contributed by atoms with van der Waals surface area (Å²) in [6, 6.07) is 9.18. The molecule has 0 aliphatic carbocycles. The molecule has 3 rings (SSSR count). The Balaban J connectivity index is 1.65. The second kappa shape index (κ2) is 7.35. The van der Waals surface area contributed by atoms with Crippen LogP contribution in [0.1, 0.15) is 27.4 Å². The molecule has 3 aromatic rings. The van der Waals surface area contributed by atoms with E-state index in [9.17, 15) is 13.6 Å². The quantitative estimate of drug-likeness (QED) is 0.734. The molecule has 7 heteroatoms. The van der Waals surface area contributed by atoms with Crippen molar-refractivity contribution in [3.05, 3.63) is 76.7 Å². The molecular weight excluding hydrogens is 342 g/mol. The summed E-state index contributed by atoms with van der Waals surface area (Å²) in [5.41, 5.74) is 1.70. The maximum atomic E-state index is 13.6. The minimum atomic E-state index is -0.709. The summed E-state index contributed by atoms with van der Waals surface area (Å²) in [6.45, 7) is 3.92. The molecule has 0 radical (unpaired) electrons. The monoisotopic (exact) mass is 358 g/mol. The van der Waals surface area contributed by atoms with Gasteiger partial charge in [-0.15, -0.1) is 0 Å². The second-order valence-electron chi connectivity index (χ2n) is 5.69. The van der Waals surface area contributed by atoms with Gasteiger partial charge in [-0.2, -0.15) is 0 Å². The predicted molar refractivity (Wildman–Crippen MR) is 91.1 cm³/mol. The summed E-state index contributed by atoms with van der Waals surface area (Å²) in [4.78, 5) is 12.2. The summed E-state index contributed by atoms with van der Waals surface area (Å²) >= 11 is 0. The van der Waals surface area contributed by atoms with Crippen LogP contribution in [0.15, 0.2) is 47.0 Å². The van der Waals surface area contributed by atoms with E-state index in [-0.39, 0.29) is 5.69 Å². The molecule has 1 heterocycles. The Bertz CT molecular complexity index is 917. The van der Waals surface area contributed by atoms with E-state index in [1.807, 2.05) is 6.92 Å². The normalized spacial score (nSPS) is 10.6. The Morgan fingerprint density at radius 2 is 1.88 bits per heavy atom. The Morgan fingerprint density at radius 1 is 1.15 bits per heavy atom. The zero-order chi connectivity index (χ0) is 18.7. The fourth-order valence-corrected chi connectivity index (χ4v) is 2.35. The van der Waals surface area contributed by atoms with Crippen LogP contribution in [0.3, 0.4) is 0 Å². The summed E-state index contributed by atoms with van der Waals surface area (Å²) in [5, 5.41) is 6.19. The molecule has 0 saturated heterocycles. The van der Waals surface area contributed by atoms with Crippen LogP contribution in [0.4, 0.5) is 14.5 Å². The van der Waals surface area contributed by atoms with Gasteiger partial charge in [0, 0.05) is 11.6 Å². The highest BCUT2D eigenvalue weighted by atomic mass is 19.1. The minimum Gasteiger partial charge on any atom is -0.489 e. The van der Waals surface area contributed by atoms with Crippen molar-refractivity contribution in [2.24, 2.45) is 0 Å². The second-order valence-corrected chi connectivity index (χ2v) is 5.69. The van der Waals surface area contributed by atoms with Gasteiger partial charge >= 0.3 is 0 Å². The molecule has 134 valence electrons. The standard InChI is InChI=1S/C19H16F2N2O3/c1-11-16(12(2)26-23-11)10-25-15-6-3-13(4-7-15)19(24)22-18-9-14(20)5-8-17(18)21/h3-9H,10H2,1-2H3,(H,22,24). The third kappa shape index (κ3) is 3.88. The highest BCUT2D eigenvalue weighted by Crippen LogP contribution is 2.20. The first-order valence-corrected chi connectivity index (χ1v) is 7.85. The van der Waals surface area contributed by atoms with Gasteiger partial charge in [0.2, 0.25) is 0 Å². The molecule has 0 fully saturated rings. The Hall–Kier alpha value is -3.22. The molecular formula is C19H16F2N2O3. The van der Waals surface area contributed by atoms with Gasteiger partial charge in [-0.1, -0.05) is 5.16 Å². The molecule has 5 nitrogen and oxygen atoms in total. The molecule has 1 amide bonds. The Labute approximate surface area is 148 Å². The fourth-order valence-electron chi connectivity index (χ4n) is 2.35. The van der Waals surface area contributed by atoms with Gasteiger partial charge in [-0.05, 0) is 50.2 Å². The van der Waals surface area contributed by atoms with Gasteiger partial charge in [0.15, 0.2) is 0 Å². The van der Waals surface area contributed by atoms with Gasteiger partial charge in [-0.3, -0.25) is 4.79 Å². The molecule has 0 bridgehead atoms. The zero-order valence-electron chi connectivity index (χ0n) is 14.2. The summed E-state index contributed by atoms with van der Waals surface area (Å²) in [7, 11) is 0. The molecule has 0 saturated carbocycles. The SMILES string of the molecule is Cc1noc(C)c1COc1ccc(C(=O)Nc2cc(F)ccc2F)cc1. The number of benzene rings is 2. The molecule has 0 spiro atoms. The third-order valence-electron chi connectivity index (χ3n) is 3.86. The van der Waals surface area contributed by atoms with E-state index in [1.54, 1.807) is 19.1 Å². The average molecular weight is 358 g/mol. The number of nitrogens with zero attached hydrogens (tertiary/aromatic N) is 1. The highest BCUT2D eigenvalue weighted by Gasteiger charge is 2.12. The number of amides is 1. The van der Waals surface area contributed by atoms with Crippen molar-refractivity contribution >= 4 is 11.6 Å². The van der Waals surface area contributed by atoms with Crippen LogP contribution in [0, 0.1) is 25.5 Å². The van der Waals surface area contributed by atoms with E-state index < -0.39 is 17.5 Å². The predicted octanol–water partition coefficient (Wildman–Crippen LogP) is 4.40. The van der Waals surface area contributed by atoms with E-state index in [0.29, 0.717) is 23.7 Å². The lowest BCUT2D eigenvalue weighted by Crippen LogP contribution is -2.13. The van der Waals surface area contributed by atoms with E-state index >= 15 is 0 Å². The van der Waals surface area contributed by atoms with Crippen LogP contribution in [0.2, 0.25) is 0 Å². The molecule has 0 unspecified atom stereocenters. The van der Waals surface area contributed by atoms with Gasteiger partial charge in [-0.25, -0.2) is 8.78 Å². The Kier molecular flexibility index (Phi) is 4.97. The van der Waals surface area contributed by atoms with Gasteiger partial charge in [0.1, 0.15) is 29.8 Å². The smallest absolute Gasteiger partial charge is 0.255 e. The van der Waals surface area contributed by atoms with Crippen LogP contribution in [0.25, 0.3) is 0 Å². The number of ether oxygens (including phenoxy) is 1. The lowest BCUT2D eigenvalue weighted by Gasteiger charge is -2.08. The van der Waals surface area contributed by atoms with Crippen LogP contribution in [0.5, 0.6) is 5.75 Å². The number of carbonyl (C=O) groups excluding carboxylic acids is 1. The van der Waals surface area contributed by atoms with Crippen LogP contribution in [-0.4, -0.2) is 11.1 Å². The molecule has 1 N–H and O–H groups in total. The number of aryl methyl sites for hydroxylation is 2. The first-order valence-electron chi connectivity index (χ1n) is 7.85. The zero-order valence-corrected chi connectivity index (χ0v) is 14.2. The van der Waals surface area contributed by atoms with Crippen molar-refractivity contribution in [2.45, 2.75) is 20.5 Å². The van der Waals surface area contributed by atoms with Gasteiger partial charge in [0.05, 0.1) is 16.9 Å². The van der Waals surface area contributed by atoms with Crippen molar-refractivity contribution in [3.63, 3.8) is 0 Å². The van der Waals surface area contributed by atoms with Crippen molar-refractivity contribution in [3.8, 4) is 5.75 Å². The molecule has 0 atom stereocenters. The molecule has 0 aliphatic rings. The van der Waals surface area contributed by atoms with Gasteiger partial charge < -0.3 is 14.6 Å². The number of anilines is 1. The first kappa shape index (κ1) is 17.6. The fraction of sp³-hybridized carbons (Fsp3) is 0.158. The first-order chi connectivity index (χ1) is 12.4. The van der Waals surface area contributed by atoms with Crippen molar-refractivity contribution in [2.75, 3.05) is 5.32 Å².